The lowest BCUT2D eigenvalue weighted by Crippen LogP contribution is -2.15. The summed E-state index contributed by atoms with van der Waals surface area (Å²) < 4.78 is 7.24. The first kappa shape index (κ1) is 21.3. The molecule has 4 aromatic rings. The number of pyridine rings is 1. The average Bonchev–Trinajstić information content (AvgIpc) is 3.21. The predicted molar refractivity (Wildman–Crippen MR) is 122 cm³/mol. The van der Waals surface area contributed by atoms with E-state index in [1.165, 1.54) is 11.8 Å². The standard InChI is InChI=1S/C25H19N3O3S/c26-13-7-15-28-16-21(19-10-4-5-12-22(19)28)23(29)17-31-25(30)20-11-6-14-27-24(20)32-18-8-2-1-3-9-18/h1-6,8-12,14,16H,7,15,17H2. The maximum Gasteiger partial charge on any atom is 0.341 e. The Morgan fingerprint density at radius 1 is 1.00 bits per heavy atom. The number of aryl methyl sites for hydroxylation is 1. The molecule has 0 aliphatic heterocycles. The molecule has 2 heterocycles. The van der Waals surface area contributed by atoms with E-state index in [0.29, 0.717) is 29.1 Å². The highest BCUT2D eigenvalue weighted by Crippen LogP contribution is 2.29. The van der Waals surface area contributed by atoms with Crippen molar-refractivity contribution < 1.29 is 14.3 Å². The van der Waals surface area contributed by atoms with E-state index >= 15 is 0 Å². The summed E-state index contributed by atoms with van der Waals surface area (Å²) in [6, 6.07) is 22.5. The lowest BCUT2D eigenvalue weighted by atomic mass is 10.1. The van der Waals surface area contributed by atoms with Crippen LogP contribution < -0.4 is 0 Å². The number of aromatic nitrogens is 2. The second-order valence-corrected chi connectivity index (χ2v) is 7.99. The van der Waals surface area contributed by atoms with Gasteiger partial charge < -0.3 is 9.30 Å². The third kappa shape index (κ3) is 4.71. The van der Waals surface area contributed by atoms with Gasteiger partial charge in [0.1, 0.15) is 5.03 Å². The zero-order valence-electron chi connectivity index (χ0n) is 17.1. The quantitative estimate of drug-likeness (QED) is 0.278. The molecule has 0 fully saturated rings. The number of esters is 1. The molecule has 0 saturated heterocycles. The number of rotatable bonds is 8. The van der Waals surface area contributed by atoms with Gasteiger partial charge in [-0.3, -0.25) is 4.79 Å². The fourth-order valence-corrected chi connectivity index (χ4v) is 4.23. The number of carbonyl (C=O) groups excluding carboxylic acids is 2. The Morgan fingerprint density at radius 2 is 1.78 bits per heavy atom. The second kappa shape index (κ2) is 9.94. The van der Waals surface area contributed by atoms with Crippen LogP contribution in [0.1, 0.15) is 27.1 Å². The molecule has 0 N–H and O–H groups in total. The van der Waals surface area contributed by atoms with E-state index in [1.807, 2.05) is 59.2 Å². The van der Waals surface area contributed by atoms with Crippen molar-refractivity contribution in [1.82, 2.24) is 9.55 Å². The lowest BCUT2D eigenvalue weighted by Gasteiger charge is -2.08. The second-order valence-electron chi connectivity index (χ2n) is 6.93. The van der Waals surface area contributed by atoms with Gasteiger partial charge in [0.15, 0.2) is 6.61 Å². The molecule has 158 valence electrons. The van der Waals surface area contributed by atoms with Gasteiger partial charge in [-0.15, -0.1) is 0 Å². The van der Waals surface area contributed by atoms with Gasteiger partial charge in [-0.2, -0.15) is 5.26 Å². The number of nitriles is 1. The van der Waals surface area contributed by atoms with E-state index < -0.39 is 5.97 Å². The van der Waals surface area contributed by atoms with Gasteiger partial charge in [0.05, 0.1) is 18.1 Å². The minimum absolute atomic E-state index is 0.300. The fraction of sp³-hybridized carbons (Fsp3) is 0.120. The molecule has 4 rings (SSSR count). The minimum atomic E-state index is -0.599. The molecule has 0 atom stereocenters. The lowest BCUT2D eigenvalue weighted by molar-refractivity contribution is 0.0471. The fourth-order valence-electron chi connectivity index (χ4n) is 3.34. The number of nitrogens with zero attached hydrogens (tertiary/aromatic N) is 3. The molecular formula is C25H19N3O3S. The van der Waals surface area contributed by atoms with Gasteiger partial charge in [0, 0.05) is 40.3 Å². The van der Waals surface area contributed by atoms with Gasteiger partial charge in [-0.1, -0.05) is 48.2 Å². The topological polar surface area (TPSA) is 85.0 Å². The van der Waals surface area contributed by atoms with Crippen LogP contribution in [0, 0.1) is 11.3 Å². The Morgan fingerprint density at radius 3 is 2.59 bits per heavy atom. The highest BCUT2D eigenvalue weighted by molar-refractivity contribution is 7.99. The molecule has 2 aromatic carbocycles. The highest BCUT2D eigenvalue weighted by atomic mass is 32.2. The predicted octanol–water partition coefficient (Wildman–Crippen LogP) is 5.14. The van der Waals surface area contributed by atoms with E-state index in [0.717, 1.165) is 15.8 Å². The number of fused-ring (bicyclic) bond motifs is 1. The summed E-state index contributed by atoms with van der Waals surface area (Å²) >= 11 is 1.36. The van der Waals surface area contributed by atoms with E-state index in [-0.39, 0.29) is 12.4 Å². The SMILES string of the molecule is N#CCCn1cc(C(=O)COC(=O)c2cccnc2Sc2ccccc2)c2ccccc21. The van der Waals surface area contributed by atoms with E-state index in [4.69, 9.17) is 10.00 Å². The summed E-state index contributed by atoms with van der Waals surface area (Å²) in [6.45, 7) is 0.106. The first-order valence-electron chi connectivity index (χ1n) is 10.0. The van der Waals surface area contributed by atoms with Crippen LogP contribution in [-0.4, -0.2) is 27.9 Å². The zero-order valence-corrected chi connectivity index (χ0v) is 17.9. The summed E-state index contributed by atoms with van der Waals surface area (Å²) in [5.74, 6) is -0.899. The first-order valence-corrected chi connectivity index (χ1v) is 10.8. The molecule has 2 aromatic heterocycles. The molecule has 32 heavy (non-hydrogen) atoms. The van der Waals surface area contributed by atoms with Crippen LogP contribution in [0.15, 0.2) is 89.0 Å². The number of ketones is 1. The monoisotopic (exact) mass is 441 g/mol. The number of ether oxygens (including phenoxy) is 1. The van der Waals surface area contributed by atoms with Crippen LogP contribution in [-0.2, 0) is 11.3 Å². The van der Waals surface area contributed by atoms with Gasteiger partial charge in [-0.25, -0.2) is 9.78 Å². The molecular weight excluding hydrogens is 422 g/mol. The maximum absolute atomic E-state index is 12.9. The van der Waals surface area contributed by atoms with Crippen LogP contribution in [0.5, 0.6) is 0 Å². The Labute approximate surface area is 189 Å². The van der Waals surface area contributed by atoms with Crippen molar-refractivity contribution in [3.63, 3.8) is 0 Å². The number of Topliss-reactive ketones (excluding diaryl/α,β-unsaturated/α-hetero) is 1. The highest BCUT2D eigenvalue weighted by Gasteiger charge is 2.19. The molecule has 0 unspecified atom stereocenters. The number of hydrogen-bond acceptors (Lipinski definition) is 6. The van der Waals surface area contributed by atoms with Crippen molar-refractivity contribution >= 4 is 34.4 Å². The summed E-state index contributed by atoms with van der Waals surface area (Å²) in [7, 11) is 0. The third-order valence-corrected chi connectivity index (χ3v) is 5.86. The summed E-state index contributed by atoms with van der Waals surface area (Å²) in [5, 5.41) is 10.2. The molecule has 0 radical (unpaired) electrons. The minimum Gasteiger partial charge on any atom is -0.454 e. The van der Waals surface area contributed by atoms with Gasteiger partial charge in [0.2, 0.25) is 5.78 Å². The molecule has 0 saturated carbocycles. The number of benzene rings is 2. The number of hydrogen-bond donors (Lipinski definition) is 0. The van der Waals surface area contributed by atoms with Crippen molar-refractivity contribution in [1.29, 1.82) is 5.26 Å². The average molecular weight is 442 g/mol. The van der Waals surface area contributed by atoms with Crippen molar-refractivity contribution in [2.45, 2.75) is 22.9 Å². The van der Waals surface area contributed by atoms with Crippen molar-refractivity contribution in [2.75, 3.05) is 6.61 Å². The summed E-state index contributed by atoms with van der Waals surface area (Å²) in [4.78, 5) is 30.9. The Kier molecular flexibility index (Phi) is 6.63. The van der Waals surface area contributed by atoms with Crippen LogP contribution in [0.4, 0.5) is 0 Å². The summed E-state index contributed by atoms with van der Waals surface area (Å²) in [5.41, 5.74) is 1.65. The van der Waals surface area contributed by atoms with Crippen molar-refractivity contribution in [2.24, 2.45) is 0 Å². The molecule has 7 heteroatoms. The van der Waals surface area contributed by atoms with Gasteiger partial charge in [-0.05, 0) is 30.3 Å². The molecule has 0 amide bonds. The molecule has 0 bridgehead atoms. The molecule has 6 nitrogen and oxygen atoms in total. The largest absolute Gasteiger partial charge is 0.454 e. The van der Waals surface area contributed by atoms with E-state index in [1.54, 1.807) is 24.5 Å². The van der Waals surface area contributed by atoms with Crippen molar-refractivity contribution in [3.8, 4) is 6.07 Å². The van der Waals surface area contributed by atoms with Crippen molar-refractivity contribution in [3.05, 3.63) is 90.3 Å². The van der Waals surface area contributed by atoms with Crippen LogP contribution in [0.25, 0.3) is 10.9 Å². The smallest absolute Gasteiger partial charge is 0.341 e. The summed E-state index contributed by atoms with van der Waals surface area (Å²) in [6.07, 6.45) is 3.67. The Balaban J connectivity index is 1.50. The molecule has 0 aliphatic carbocycles. The third-order valence-electron chi connectivity index (χ3n) is 4.84. The van der Waals surface area contributed by atoms with Gasteiger partial charge in [0.25, 0.3) is 0 Å². The molecule has 0 spiro atoms. The van der Waals surface area contributed by atoms with Crippen LogP contribution >= 0.6 is 11.8 Å². The zero-order chi connectivity index (χ0) is 22.3. The number of carbonyl (C=O) groups is 2. The Bertz CT molecular complexity index is 1310. The molecule has 0 aliphatic rings. The van der Waals surface area contributed by atoms with Crippen LogP contribution in [0.3, 0.4) is 0 Å². The van der Waals surface area contributed by atoms with Gasteiger partial charge >= 0.3 is 5.97 Å². The Hall–Kier alpha value is -3.89. The maximum atomic E-state index is 12.9. The normalized spacial score (nSPS) is 10.6. The van der Waals surface area contributed by atoms with E-state index in [2.05, 4.69) is 11.1 Å². The van der Waals surface area contributed by atoms with E-state index in [9.17, 15) is 9.59 Å². The number of para-hydroxylation sites is 1. The first-order chi connectivity index (χ1) is 15.7. The van der Waals surface area contributed by atoms with Crippen LogP contribution in [0.2, 0.25) is 0 Å².